The second-order valence-electron chi connectivity index (χ2n) is 4.06. The Hall–Kier alpha value is -1.11. The van der Waals surface area contributed by atoms with Gasteiger partial charge in [-0.25, -0.2) is 0 Å². The molecule has 0 aromatic carbocycles. The number of fused-ring (bicyclic) bond motifs is 1. The third kappa shape index (κ3) is 3.44. The second kappa shape index (κ2) is 7.35. The van der Waals surface area contributed by atoms with E-state index in [0.717, 1.165) is 30.6 Å². The van der Waals surface area contributed by atoms with Gasteiger partial charge in [0, 0.05) is 51.0 Å². The van der Waals surface area contributed by atoms with Crippen LogP contribution in [0, 0.1) is 0 Å². The molecule has 1 aromatic heterocycles. The molecule has 0 bridgehead atoms. The van der Waals surface area contributed by atoms with Crippen LogP contribution < -0.4 is 10.6 Å². The van der Waals surface area contributed by atoms with Gasteiger partial charge in [0.05, 0.1) is 0 Å². The van der Waals surface area contributed by atoms with Gasteiger partial charge in [0.15, 0.2) is 5.69 Å². The van der Waals surface area contributed by atoms with E-state index in [2.05, 4.69) is 20.8 Å². The van der Waals surface area contributed by atoms with Crippen molar-refractivity contribution >= 4 is 18.3 Å². The lowest BCUT2D eigenvalue weighted by Gasteiger charge is -2.12. The highest BCUT2D eigenvalue weighted by atomic mass is 35.5. The molecular formula is C11H19ClN4O2. The Labute approximate surface area is 112 Å². The van der Waals surface area contributed by atoms with Crippen molar-refractivity contribution in [1.82, 2.24) is 20.8 Å². The first-order valence-corrected chi connectivity index (χ1v) is 5.87. The van der Waals surface area contributed by atoms with Gasteiger partial charge >= 0.3 is 0 Å². The molecule has 3 N–H and O–H groups in total. The Balaban J connectivity index is 0.00000162. The standard InChI is InChI=1S/C11H18N4O2.ClH/c1-17-6-2-4-13-11(16)10-8-7-12-5-3-9(8)14-15-10;/h12H,2-7H2,1H3,(H,13,16)(H,14,15);1H. The maximum atomic E-state index is 11.9. The zero-order valence-electron chi connectivity index (χ0n) is 10.4. The number of carbonyl (C=O) groups is 1. The lowest BCUT2D eigenvalue weighted by Crippen LogP contribution is -2.29. The molecule has 0 fully saturated rings. The highest BCUT2D eigenvalue weighted by molar-refractivity contribution is 5.94. The summed E-state index contributed by atoms with van der Waals surface area (Å²) in [6.07, 6.45) is 1.71. The van der Waals surface area contributed by atoms with Crippen molar-refractivity contribution in [3.63, 3.8) is 0 Å². The van der Waals surface area contributed by atoms with E-state index in [-0.39, 0.29) is 18.3 Å². The largest absolute Gasteiger partial charge is 0.385 e. The molecule has 0 spiro atoms. The van der Waals surface area contributed by atoms with Gasteiger partial charge in [0.1, 0.15) is 0 Å². The number of carbonyl (C=O) groups excluding carboxylic acids is 1. The molecule has 2 rings (SSSR count). The van der Waals surface area contributed by atoms with Gasteiger partial charge in [-0.3, -0.25) is 9.89 Å². The number of nitrogens with one attached hydrogen (secondary N) is 3. The first-order chi connectivity index (χ1) is 8.33. The molecule has 2 heterocycles. The van der Waals surface area contributed by atoms with Crippen molar-refractivity contribution in [2.75, 3.05) is 26.8 Å². The number of nitrogens with zero attached hydrogens (tertiary/aromatic N) is 1. The number of rotatable bonds is 5. The minimum atomic E-state index is -0.109. The van der Waals surface area contributed by atoms with E-state index in [1.54, 1.807) is 7.11 Å². The smallest absolute Gasteiger partial charge is 0.272 e. The zero-order chi connectivity index (χ0) is 12.1. The average Bonchev–Trinajstić information content (AvgIpc) is 2.78. The fraction of sp³-hybridized carbons (Fsp3) is 0.636. The molecule has 0 saturated carbocycles. The number of amides is 1. The molecule has 1 amide bonds. The predicted molar refractivity (Wildman–Crippen MR) is 70.1 cm³/mol. The molecule has 18 heavy (non-hydrogen) atoms. The minimum absolute atomic E-state index is 0. The molecule has 0 aliphatic carbocycles. The second-order valence-corrected chi connectivity index (χ2v) is 4.06. The topological polar surface area (TPSA) is 79.0 Å². The Bertz CT molecular complexity index is 394. The van der Waals surface area contributed by atoms with Crippen LogP contribution in [0.3, 0.4) is 0 Å². The van der Waals surface area contributed by atoms with Gasteiger partial charge in [-0.2, -0.15) is 5.10 Å². The van der Waals surface area contributed by atoms with Crippen LogP contribution in [-0.4, -0.2) is 42.9 Å². The van der Waals surface area contributed by atoms with Crippen LogP contribution in [0.1, 0.15) is 28.2 Å². The lowest BCUT2D eigenvalue weighted by atomic mass is 10.1. The molecule has 0 saturated heterocycles. The summed E-state index contributed by atoms with van der Waals surface area (Å²) in [4.78, 5) is 11.9. The van der Waals surface area contributed by atoms with Gasteiger partial charge in [-0.15, -0.1) is 12.4 Å². The van der Waals surface area contributed by atoms with Crippen molar-refractivity contribution in [1.29, 1.82) is 0 Å². The summed E-state index contributed by atoms with van der Waals surface area (Å²) in [5.41, 5.74) is 2.59. The Morgan fingerprint density at radius 3 is 3.17 bits per heavy atom. The van der Waals surface area contributed by atoms with E-state index in [1.807, 2.05) is 0 Å². The summed E-state index contributed by atoms with van der Waals surface area (Å²) >= 11 is 0. The first kappa shape index (κ1) is 14.9. The number of methoxy groups -OCH3 is 1. The van der Waals surface area contributed by atoms with Crippen LogP contribution in [0.2, 0.25) is 0 Å². The summed E-state index contributed by atoms with van der Waals surface area (Å²) in [7, 11) is 1.65. The zero-order valence-corrected chi connectivity index (χ0v) is 11.2. The Morgan fingerprint density at radius 2 is 2.39 bits per heavy atom. The number of hydrogen-bond donors (Lipinski definition) is 3. The van der Waals surface area contributed by atoms with Crippen molar-refractivity contribution in [3.05, 3.63) is 17.0 Å². The van der Waals surface area contributed by atoms with Crippen LogP contribution >= 0.6 is 12.4 Å². The molecule has 6 nitrogen and oxygen atoms in total. The number of halogens is 1. The Morgan fingerprint density at radius 1 is 1.56 bits per heavy atom. The molecule has 0 atom stereocenters. The number of hydrogen-bond acceptors (Lipinski definition) is 4. The molecular weight excluding hydrogens is 256 g/mol. The van der Waals surface area contributed by atoms with Crippen LogP contribution in [-0.2, 0) is 17.7 Å². The predicted octanol–water partition coefficient (Wildman–Crippen LogP) is 0.243. The number of aromatic nitrogens is 2. The summed E-state index contributed by atoms with van der Waals surface area (Å²) in [6.45, 7) is 2.92. The minimum Gasteiger partial charge on any atom is -0.385 e. The van der Waals surface area contributed by atoms with E-state index in [1.165, 1.54) is 0 Å². The quantitative estimate of drug-likeness (QED) is 0.672. The highest BCUT2D eigenvalue weighted by Gasteiger charge is 2.20. The van der Waals surface area contributed by atoms with Crippen molar-refractivity contribution in [3.8, 4) is 0 Å². The number of aromatic amines is 1. The summed E-state index contributed by atoms with van der Waals surface area (Å²) in [6, 6.07) is 0. The third-order valence-electron chi connectivity index (χ3n) is 2.83. The van der Waals surface area contributed by atoms with E-state index < -0.39 is 0 Å². The van der Waals surface area contributed by atoms with Crippen molar-refractivity contribution in [2.45, 2.75) is 19.4 Å². The molecule has 1 aromatic rings. The van der Waals surface area contributed by atoms with E-state index >= 15 is 0 Å². The van der Waals surface area contributed by atoms with Gasteiger partial charge in [0.2, 0.25) is 0 Å². The first-order valence-electron chi connectivity index (χ1n) is 5.87. The third-order valence-corrected chi connectivity index (χ3v) is 2.83. The fourth-order valence-corrected chi connectivity index (χ4v) is 1.92. The SMILES string of the molecule is COCCCNC(=O)c1n[nH]c2c1CNCC2.Cl. The lowest BCUT2D eigenvalue weighted by molar-refractivity contribution is 0.0942. The summed E-state index contributed by atoms with van der Waals surface area (Å²) < 4.78 is 4.92. The van der Waals surface area contributed by atoms with Gasteiger partial charge < -0.3 is 15.4 Å². The summed E-state index contributed by atoms with van der Waals surface area (Å²) in [5.74, 6) is -0.109. The molecule has 0 radical (unpaired) electrons. The van der Waals surface area contributed by atoms with Crippen LogP contribution in [0.25, 0.3) is 0 Å². The van der Waals surface area contributed by atoms with Crippen LogP contribution in [0.5, 0.6) is 0 Å². The maximum absolute atomic E-state index is 11.9. The molecule has 102 valence electrons. The highest BCUT2D eigenvalue weighted by Crippen LogP contribution is 2.14. The van der Waals surface area contributed by atoms with Crippen LogP contribution in [0.15, 0.2) is 0 Å². The fourth-order valence-electron chi connectivity index (χ4n) is 1.92. The van der Waals surface area contributed by atoms with Crippen LogP contribution in [0.4, 0.5) is 0 Å². The molecule has 1 aliphatic rings. The maximum Gasteiger partial charge on any atom is 0.272 e. The van der Waals surface area contributed by atoms with Gasteiger partial charge in [0.25, 0.3) is 5.91 Å². The number of H-pyrrole nitrogens is 1. The monoisotopic (exact) mass is 274 g/mol. The molecule has 0 unspecified atom stereocenters. The Kier molecular flexibility index (Phi) is 6.11. The molecule has 1 aliphatic heterocycles. The van der Waals surface area contributed by atoms with Crippen molar-refractivity contribution < 1.29 is 9.53 Å². The van der Waals surface area contributed by atoms with Gasteiger partial charge in [-0.05, 0) is 6.42 Å². The summed E-state index contributed by atoms with van der Waals surface area (Å²) in [5, 5.41) is 13.1. The normalized spacial score (nSPS) is 13.6. The van der Waals surface area contributed by atoms with E-state index in [9.17, 15) is 4.79 Å². The van der Waals surface area contributed by atoms with Gasteiger partial charge in [-0.1, -0.05) is 0 Å². The number of ether oxygens (including phenoxy) is 1. The van der Waals surface area contributed by atoms with E-state index in [0.29, 0.717) is 25.4 Å². The van der Waals surface area contributed by atoms with E-state index in [4.69, 9.17) is 4.74 Å². The average molecular weight is 275 g/mol. The van der Waals surface area contributed by atoms with Crippen molar-refractivity contribution in [2.24, 2.45) is 0 Å². The molecule has 7 heteroatoms.